The second kappa shape index (κ2) is 8.39. The molecular weight excluding hydrogens is 310 g/mol. The summed E-state index contributed by atoms with van der Waals surface area (Å²) < 4.78 is 4.92. The summed E-state index contributed by atoms with van der Waals surface area (Å²) in [4.78, 5) is 24.6. The van der Waals surface area contributed by atoms with Crippen molar-refractivity contribution >= 4 is 29.3 Å². The maximum atomic E-state index is 12.0. The van der Waals surface area contributed by atoms with E-state index in [9.17, 15) is 9.59 Å². The van der Waals surface area contributed by atoms with Crippen molar-refractivity contribution in [3.8, 4) is 0 Å². The van der Waals surface area contributed by atoms with Crippen LogP contribution in [0.4, 0.5) is 5.69 Å². The number of esters is 1. The Morgan fingerprint density at radius 1 is 1.04 bits per heavy atom. The SMILES string of the molecule is CCOC(=O)c1ccc(NC(=O)CSc2ccc(C)cc2)cc1. The minimum absolute atomic E-state index is 0.0838. The largest absolute Gasteiger partial charge is 0.462 e. The molecule has 1 amide bonds. The van der Waals surface area contributed by atoms with Crippen molar-refractivity contribution in [1.82, 2.24) is 0 Å². The first-order chi connectivity index (χ1) is 11.1. The summed E-state index contributed by atoms with van der Waals surface area (Å²) in [6.45, 7) is 4.13. The Morgan fingerprint density at radius 2 is 1.70 bits per heavy atom. The van der Waals surface area contributed by atoms with Crippen LogP contribution in [-0.2, 0) is 9.53 Å². The first-order valence-electron chi connectivity index (χ1n) is 7.35. The van der Waals surface area contributed by atoms with Crippen LogP contribution in [0.2, 0.25) is 0 Å². The Hall–Kier alpha value is -2.27. The fourth-order valence-corrected chi connectivity index (χ4v) is 2.58. The van der Waals surface area contributed by atoms with E-state index >= 15 is 0 Å². The van der Waals surface area contributed by atoms with Crippen LogP contribution in [-0.4, -0.2) is 24.2 Å². The van der Waals surface area contributed by atoms with E-state index in [-0.39, 0.29) is 11.9 Å². The van der Waals surface area contributed by atoms with Crippen LogP contribution >= 0.6 is 11.8 Å². The lowest BCUT2D eigenvalue weighted by atomic mass is 10.2. The lowest BCUT2D eigenvalue weighted by Crippen LogP contribution is -2.14. The van der Waals surface area contributed by atoms with Crippen LogP contribution in [0.25, 0.3) is 0 Å². The van der Waals surface area contributed by atoms with Gasteiger partial charge in [-0.3, -0.25) is 4.79 Å². The van der Waals surface area contributed by atoms with Crippen LogP contribution in [0.15, 0.2) is 53.4 Å². The molecule has 0 atom stereocenters. The number of carbonyl (C=O) groups excluding carboxylic acids is 2. The molecule has 4 nitrogen and oxygen atoms in total. The van der Waals surface area contributed by atoms with Crippen molar-refractivity contribution in [1.29, 1.82) is 0 Å². The molecule has 0 aliphatic heterocycles. The first-order valence-corrected chi connectivity index (χ1v) is 8.33. The van der Waals surface area contributed by atoms with Gasteiger partial charge in [-0.25, -0.2) is 4.79 Å². The highest BCUT2D eigenvalue weighted by Gasteiger charge is 2.07. The van der Waals surface area contributed by atoms with Gasteiger partial charge in [-0.1, -0.05) is 17.7 Å². The molecule has 0 saturated heterocycles. The third-order valence-electron chi connectivity index (χ3n) is 3.07. The van der Waals surface area contributed by atoms with Gasteiger partial charge in [-0.2, -0.15) is 0 Å². The molecule has 5 heteroatoms. The predicted octanol–water partition coefficient (Wildman–Crippen LogP) is 3.90. The predicted molar refractivity (Wildman–Crippen MR) is 92.9 cm³/mol. The number of thioether (sulfide) groups is 1. The number of nitrogens with one attached hydrogen (secondary N) is 1. The molecule has 2 rings (SSSR count). The third-order valence-corrected chi connectivity index (χ3v) is 4.08. The van der Waals surface area contributed by atoms with Crippen LogP contribution in [0, 0.1) is 6.92 Å². The Kier molecular flexibility index (Phi) is 6.23. The zero-order valence-corrected chi connectivity index (χ0v) is 14.0. The second-order valence-electron chi connectivity index (χ2n) is 4.95. The van der Waals surface area contributed by atoms with Crippen molar-refractivity contribution in [3.05, 3.63) is 59.7 Å². The molecule has 0 aromatic heterocycles. The number of carbonyl (C=O) groups is 2. The van der Waals surface area contributed by atoms with Gasteiger partial charge < -0.3 is 10.1 Å². The molecule has 120 valence electrons. The number of ether oxygens (including phenoxy) is 1. The van der Waals surface area contributed by atoms with E-state index in [0.29, 0.717) is 23.6 Å². The molecule has 0 heterocycles. The highest BCUT2D eigenvalue weighted by atomic mass is 32.2. The van der Waals surface area contributed by atoms with Crippen molar-refractivity contribution in [2.24, 2.45) is 0 Å². The summed E-state index contributed by atoms with van der Waals surface area (Å²) in [6.07, 6.45) is 0. The summed E-state index contributed by atoms with van der Waals surface area (Å²) in [7, 11) is 0. The summed E-state index contributed by atoms with van der Waals surface area (Å²) in [6, 6.07) is 14.7. The normalized spacial score (nSPS) is 10.2. The van der Waals surface area contributed by atoms with Gasteiger partial charge in [0.2, 0.25) is 5.91 Å². The quantitative estimate of drug-likeness (QED) is 0.645. The van der Waals surface area contributed by atoms with E-state index in [0.717, 1.165) is 4.90 Å². The molecule has 0 spiro atoms. The molecule has 0 saturated carbocycles. The van der Waals surface area contributed by atoms with Crippen LogP contribution < -0.4 is 5.32 Å². The topological polar surface area (TPSA) is 55.4 Å². The first kappa shape index (κ1) is 17.1. The van der Waals surface area contributed by atoms with E-state index in [1.807, 2.05) is 31.2 Å². The summed E-state index contributed by atoms with van der Waals surface area (Å²) in [5.74, 6) is -0.109. The van der Waals surface area contributed by atoms with Gasteiger partial charge in [0.1, 0.15) is 0 Å². The van der Waals surface area contributed by atoms with Gasteiger partial charge in [0.15, 0.2) is 0 Å². The summed E-state index contributed by atoms with van der Waals surface area (Å²) in [5.41, 5.74) is 2.33. The van der Waals surface area contributed by atoms with Crippen LogP contribution in [0.1, 0.15) is 22.8 Å². The van der Waals surface area contributed by atoms with Crippen molar-refractivity contribution in [3.63, 3.8) is 0 Å². The Bertz CT molecular complexity index is 666. The van der Waals surface area contributed by atoms with E-state index in [2.05, 4.69) is 5.32 Å². The molecule has 0 unspecified atom stereocenters. The lowest BCUT2D eigenvalue weighted by molar-refractivity contribution is -0.113. The zero-order chi connectivity index (χ0) is 16.7. The van der Waals surface area contributed by atoms with E-state index in [1.165, 1.54) is 17.3 Å². The Morgan fingerprint density at radius 3 is 2.30 bits per heavy atom. The molecular formula is C18H19NO3S. The van der Waals surface area contributed by atoms with Gasteiger partial charge in [-0.05, 0) is 50.2 Å². The number of hydrogen-bond acceptors (Lipinski definition) is 4. The molecule has 2 aromatic carbocycles. The molecule has 23 heavy (non-hydrogen) atoms. The van der Waals surface area contributed by atoms with Crippen molar-refractivity contribution < 1.29 is 14.3 Å². The minimum Gasteiger partial charge on any atom is -0.462 e. The number of amides is 1. The van der Waals surface area contributed by atoms with Crippen LogP contribution in [0.5, 0.6) is 0 Å². The monoisotopic (exact) mass is 329 g/mol. The molecule has 0 aliphatic rings. The number of anilines is 1. The van der Waals surface area contributed by atoms with Gasteiger partial charge in [-0.15, -0.1) is 11.8 Å². The Labute approximate surface area is 140 Å². The Balaban J connectivity index is 1.85. The number of rotatable bonds is 6. The average Bonchev–Trinajstić information content (AvgIpc) is 2.55. The molecule has 2 aromatic rings. The third kappa shape index (κ3) is 5.45. The van der Waals surface area contributed by atoms with Gasteiger partial charge >= 0.3 is 5.97 Å². The van der Waals surface area contributed by atoms with Crippen molar-refractivity contribution in [2.45, 2.75) is 18.7 Å². The fraction of sp³-hybridized carbons (Fsp3) is 0.222. The maximum Gasteiger partial charge on any atom is 0.338 e. The van der Waals surface area contributed by atoms with Crippen molar-refractivity contribution in [2.75, 3.05) is 17.7 Å². The summed E-state index contributed by atoms with van der Waals surface area (Å²) in [5, 5.41) is 2.81. The number of hydrogen-bond donors (Lipinski definition) is 1. The average molecular weight is 329 g/mol. The van der Waals surface area contributed by atoms with E-state index < -0.39 is 0 Å². The standard InChI is InChI=1S/C18H19NO3S/c1-3-22-18(21)14-6-8-15(9-7-14)19-17(20)12-23-16-10-4-13(2)5-11-16/h4-11H,3,12H2,1-2H3,(H,19,20). The van der Waals surface area contributed by atoms with Gasteiger partial charge in [0, 0.05) is 10.6 Å². The zero-order valence-electron chi connectivity index (χ0n) is 13.2. The molecule has 0 bridgehead atoms. The molecule has 0 aliphatic carbocycles. The minimum atomic E-state index is -0.361. The van der Waals surface area contributed by atoms with Gasteiger partial charge in [0.05, 0.1) is 17.9 Å². The van der Waals surface area contributed by atoms with E-state index in [4.69, 9.17) is 4.74 Å². The van der Waals surface area contributed by atoms with E-state index in [1.54, 1.807) is 31.2 Å². The molecule has 0 radical (unpaired) electrons. The molecule has 0 fully saturated rings. The second-order valence-corrected chi connectivity index (χ2v) is 6.00. The highest BCUT2D eigenvalue weighted by Crippen LogP contribution is 2.19. The maximum absolute atomic E-state index is 12.0. The van der Waals surface area contributed by atoms with Gasteiger partial charge in [0.25, 0.3) is 0 Å². The van der Waals surface area contributed by atoms with Crippen LogP contribution in [0.3, 0.4) is 0 Å². The molecule has 1 N–H and O–H groups in total. The smallest absolute Gasteiger partial charge is 0.338 e. The highest BCUT2D eigenvalue weighted by molar-refractivity contribution is 8.00. The number of benzene rings is 2. The summed E-state index contributed by atoms with van der Waals surface area (Å²) >= 11 is 1.48. The number of aryl methyl sites for hydroxylation is 1. The fourth-order valence-electron chi connectivity index (χ4n) is 1.88. The lowest BCUT2D eigenvalue weighted by Gasteiger charge is -2.07.